The second kappa shape index (κ2) is 8.07. The van der Waals surface area contributed by atoms with Crippen LogP contribution in [-0.4, -0.2) is 37.2 Å². The molecule has 2 atom stereocenters. The Morgan fingerprint density at radius 3 is 3.05 bits per heavy atom. The monoisotopic (exact) mass is 286 g/mol. The van der Waals surface area contributed by atoms with Gasteiger partial charge in [0.25, 0.3) is 0 Å². The summed E-state index contributed by atoms with van der Waals surface area (Å²) >= 11 is 0. The molecule has 0 radical (unpaired) electrons. The molecule has 1 aromatic carbocycles. The minimum absolute atomic E-state index is 0.385. The minimum Gasteiger partial charge on any atom is -0.492 e. The van der Waals surface area contributed by atoms with Gasteiger partial charge in [0.2, 0.25) is 0 Å². The molecule has 0 bridgehead atoms. The van der Waals surface area contributed by atoms with Gasteiger partial charge in [-0.25, -0.2) is 0 Å². The fourth-order valence-corrected chi connectivity index (χ4v) is 2.83. The van der Waals surface area contributed by atoms with E-state index >= 15 is 0 Å². The average Bonchev–Trinajstić information content (AvgIpc) is 2.50. The number of likely N-dealkylation sites (tertiary alicyclic amines) is 1. The third-order valence-electron chi connectivity index (χ3n) is 4.32. The Labute approximate surface area is 128 Å². The zero-order valence-electron chi connectivity index (χ0n) is 13.1. The Balaban J connectivity index is 1.83. The lowest BCUT2D eigenvalue weighted by atomic mass is 9.92. The second-order valence-corrected chi connectivity index (χ2v) is 5.78. The summed E-state index contributed by atoms with van der Waals surface area (Å²) in [5.41, 5.74) is 6.35. The van der Waals surface area contributed by atoms with E-state index in [-0.39, 0.29) is 0 Å². The van der Waals surface area contributed by atoms with Gasteiger partial charge in [-0.1, -0.05) is 24.8 Å². The van der Waals surface area contributed by atoms with Crippen molar-refractivity contribution in [1.82, 2.24) is 4.90 Å². The lowest BCUT2D eigenvalue weighted by Gasteiger charge is -2.37. The molecule has 1 aliphatic rings. The van der Waals surface area contributed by atoms with Crippen molar-refractivity contribution in [2.75, 3.05) is 26.2 Å². The van der Waals surface area contributed by atoms with Gasteiger partial charge in [0, 0.05) is 18.2 Å². The Kier molecular flexibility index (Phi) is 6.10. The molecule has 2 unspecified atom stereocenters. The third kappa shape index (κ3) is 4.77. The summed E-state index contributed by atoms with van der Waals surface area (Å²) < 4.78 is 5.87. The average molecular weight is 286 g/mol. The lowest BCUT2D eigenvalue weighted by molar-refractivity contribution is 0.0958. The molecule has 1 aliphatic heterocycles. The van der Waals surface area contributed by atoms with E-state index in [1.54, 1.807) is 0 Å². The van der Waals surface area contributed by atoms with E-state index in [2.05, 4.69) is 30.6 Å². The molecule has 114 valence electrons. The molecule has 1 aromatic rings. The molecule has 2 N–H and O–H groups in total. The van der Waals surface area contributed by atoms with Crippen LogP contribution in [0.2, 0.25) is 0 Å². The SMILES string of the molecule is CC1CCCN(CCOc2cccc(C#CCN)c2)C1C. The van der Waals surface area contributed by atoms with Gasteiger partial charge >= 0.3 is 0 Å². The highest BCUT2D eigenvalue weighted by molar-refractivity contribution is 5.39. The van der Waals surface area contributed by atoms with Crippen molar-refractivity contribution in [2.45, 2.75) is 32.7 Å². The largest absolute Gasteiger partial charge is 0.492 e. The number of rotatable bonds is 4. The summed E-state index contributed by atoms with van der Waals surface area (Å²) in [7, 11) is 0. The van der Waals surface area contributed by atoms with Crippen LogP contribution in [0.15, 0.2) is 24.3 Å². The highest BCUT2D eigenvalue weighted by Gasteiger charge is 2.23. The van der Waals surface area contributed by atoms with Gasteiger partial charge in [0.15, 0.2) is 0 Å². The molecule has 3 nitrogen and oxygen atoms in total. The van der Waals surface area contributed by atoms with Gasteiger partial charge in [-0.2, -0.15) is 0 Å². The van der Waals surface area contributed by atoms with Crippen LogP contribution in [0.5, 0.6) is 5.75 Å². The maximum atomic E-state index is 5.87. The lowest BCUT2D eigenvalue weighted by Crippen LogP contribution is -2.44. The maximum absolute atomic E-state index is 5.87. The molecule has 1 heterocycles. The number of benzene rings is 1. The van der Waals surface area contributed by atoms with Crippen molar-refractivity contribution in [3.05, 3.63) is 29.8 Å². The fourth-order valence-electron chi connectivity index (χ4n) is 2.83. The van der Waals surface area contributed by atoms with Crippen LogP contribution in [0.3, 0.4) is 0 Å². The first-order valence-corrected chi connectivity index (χ1v) is 7.86. The summed E-state index contributed by atoms with van der Waals surface area (Å²) in [5, 5.41) is 0. The maximum Gasteiger partial charge on any atom is 0.120 e. The number of ether oxygens (including phenoxy) is 1. The van der Waals surface area contributed by atoms with Crippen molar-refractivity contribution in [3.63, 3.8) is 0 Å². The standard InChI is InChI=1S/C18H26N2O/c1-15-6-5-11-20(16(15)2)12-13-21-18-9-3-7-17(14-18)8-4-10-19/h3,7,9,14-16H,5-6,10-13,19H2,1-2H3. The number of nitrogens with two attached hydrogens (primary N) is 1. The molecular formula is C18H26N2O. The van der Waals surface area contributed by atoms with Crippen LogP contribution in [0.25, 0.3) is 0 Å². The smallest absolute Gasteiger partial charge is 0.120 e. The van der Waals surface area contributed by atoms with Crippen molar-refractivity contribution in [3.8, 4) is 17.6 Å². The quantitative estimate of drug-likeness (QED) is 0.864. The summed E-state index contributed by atoms with van der Waals surface area (Å²) in [6.45, 7) is 7.96. The molecule has 1 fully saturated rings. The van der Waals surface area contributed by atoms with E-state index in [9.17, 15) is 0 Å². The molecule has 0 saturated carbocycles. The van der Waals surface area contributed by atoms with E-state index in [0.29, 0.717) is 12.6 Å². The van der Waals surface area contributed by atoms with Crippen molar-refractivity contribution in [1.29, 1.82) is 0 Å². The predicted molar refractivity (Wildman–Crippen MR) is 87.3 cm³/mol. The van der Waals surface area contributed by atoms with Crippen molar-refractivity contribution < 1.29 is 4.74 Å². The third-order valence-corrected chi connectivity index (χ3v) is 4.32. The van der Waals surface area contributed by atoms with Crippen molar-refractivity contribution >= 4 is 0 Å². The highest BCUT2D eigenvalue weighted by Crippen LogP contribution is 2.22. The fraction of sp³-hybridized carbons (Fsp3) is 0.556. The number of hydrogen-bond donors (Lipinski definition) is 1. The van der Waals surface area contributed by atoms with E-state index < -0.39 is 0 Å². The molecule has 1 saturated heterocycles. The summed E-state index contributed by atoms with van der Waals surface area (Å²) in [6.07, 6.45) is 2.65. The predicted octanol–water partition coefficient (Wildman–Crippen LogP) is 2.50. The van der Waals surface area contributed by atoms with Crippen molar-refractivity contribution in [2.24, 2.45) is 11.7 Å². The Hall–Kier alpha value is -1.50. The minimum atomic E-state index is 0.385. The van der Waals surface area contributed by atoms with E-state index in [1.165, 1.54) is 19.4 Å². The van der Waals surface area contributed by atoms with E-state index in [1.807, 2.05) is 24.3 Å². The molecule has 0 spiro atoms. The molecule has 0 amide bonds. The summed E-state index contributed by atoms with van der Waals surface area (Å²) in [4.78, 5) is 2.53. The van der Waals surface area contributed by atoms with Gasteiger partial charge in [0.05, 0.1) is 6.54 Å². The first kappa shape index (κ1) is 15.9. The van der Waals surface area contributed by atoms with Gasteiger partial charge in [-0.3, -0.25) is 4.90 Å². The zero-order valence-corrected chi connectivity index (χ0v) is 13.1. The van der Waals surface area contributed by atoms with E-state index in [4.69, 9.17) is 10.5 Å². The van der Waals surface area contributed by atoms with Gasteiger partial charge in [-0.05, 0) is 50.4 Å². The Morgan fingerprint density at radius 2 is 2.24 bits per heavy atom. The van der Waals surface area contributed by atoms with Crippen LogP contribution in [-0.2, 0) is 0 Å². The summed E-state index contributed by atoms with van der Waals surface area (Å²) in [5.74, 6) is 7.57. The first-order valence-electron chi connectivity index (χ1n) is 7.86. The molecule has 3 heteroatoms. The topological polar surface area (TPSA) is 38.5 Å². The van der Waals surface area contributed by atoms with Gasteiger partial charge < -0.3 is 10.5 Å². The molecule has 0 aromatic heterocycles. The second-order valence-electron chi connectivity index (χ2n) is 5.78. The van der Waals surface area contributed by atoms with Crippen LogP contribution >= 0.6 is 0 Å². The zero-order chi connectivity index (χ0) is 15.1. The highest BCUT2D eigenvalue weighted by atomic mass is 16.5. The van der Waals surface area contributed by atoms with Crippen LogP contribution < -0.4 is 10.5 Å². The van der Waals surface area contributed by atoms with Crippen LogP contribution in [0, 0.1) is 17.8 Å². The normalized spacial score (nSPS) is 22.4. The first-order chi connectivity index (χ1) is 10.2. The van der Waals surface area contributed by atoms with Crippen LogP contribution in [0.4, 0.5) is 0 Å². The van der Waals surface area contributed by atoms with E-state index in [0.717, 1.165) is 30.4 Å². The summed E-state index contributed by atoms with van der Waals surface area (Å²) in [6, 6.07) is 8.57. The number of hydrogen-bond acceptors (Lipinski definition) is 3. The molecule has 0 aliphatic carbocycles. The Bertz CT molecular complexity index is 503. The van der Waals surface area contributed by atoms with Gasteiger partial charge in [0.1, 0.15) is 12.4 Å². The molecular weight excluding hydrogens is 260 g/mol. The van der Waals surface area contributed by atoms with Crippen LogP contribution in [0.1, 0.15) is 32.3 Å². The Morgan fingerprint density at radius 1 is 1.38 bits per heavy atom. The number of nitrogens with zero attached hydrogens (tertiary/aromatic N) is 1. The van der Waals surface area contributed by atoms with Gasteiger partial charge in [-0.15, -0.1) is 0 Å². The molecule has 2 rings (SSSR count). The number of piperidine rings is 1. The molecule has 21 heavy (non-hydrogen) atoms.